The number of rotatable bonds is 5. The SMILES string of the molecule is CC(=O)c1ccc(NC=C(C#N)c2nc(-c3ccc4c(c3)OCO4)cs2)cc1. The topological polar surface area (TPSA) is 84.2 Å². The van der Waals surface area contributed by atoms with Crippen LogP contribution in [-0.4, -0.2) is 17.6 Å². The molecule has 28 heavy (non-hydrogen) atoms. The Labute approximate surface area is 165 Å². The highest BCUT2D eigenvalue weighted by atomic mass is 32.1. The number of aromatic nitrogens is 1. The fourth-order valence-electron chi connectivity index (χ4n) is 2.68. The van der Waals surface area contributed by atoms with E-state index in [4.69, 9.17) is 9.47 Å². The predicted octanol–water partition coefficient (Wildman–Crippen LogP) is 4.72. The molecule has 0 bridgehead atoms. The van der Waals surface area contributed by atoms with Gasteiger partial charge in [-0.05, 0) is 49.4 Å². The number of nitriles is 1. The van der Waals surface area contributed by atoms with Crippen LogP contribution in [0.4, 0.5) is 5.69 Å². The van der Waals surface area contributed by atoms with E-state index in [1.54, 1.807) is 30.5 Å². The van der Waals surface area contributed by atoms with Crippen molar-refractivity contribution in [1.82, 2.24) is 4.98 Å². The Balaban J connectivity index is 1.53. The number of benzene rings is 2. The van der Waals surface area contributed by atoms with Gasteiger partial charge in [0.25, 0.3) is 0 Å². The van der Waals surface area contributed by atoms with Gasteiger partial charge in [0.1, 0.15) is 16.6 Å². The fourth-order valence-corrected chi connectivity index (χ4v) is 3.48. The van der Waals surface area contributed by atoms with E-state index in [1.807, 2.05) is 23.6 Å². The van der Waals surface area contributed by atoms with Crippen LogP contribution in [0.25, 0.3) is 16.8 Å². The molecule has 7 heteroatoms. The zero-order valence-corrected chi connectivity index (χ0v) is 15.7. The van der Waals surface area contributed by atoms with E-state index in [1.165, 1.54) is 18.3 Å². The van der Waals surface area contributed by atoms with E-state index < -0.39 is 0 Å². The molecule has 1 N–H and O–H groups in total. The molecule has 4 rings (SSSR count). The summed E-state index contributed by atoms with van der Waals surface area (Å²) in [7, 11) is 0. The van der Waals surface area contributed by atoms with E-state index in [-0.39, 0.29) is 12.6 Å². The van der Waals surface area contributed by atoms with Crippen molar-refractivity contribution in [3.05, 3.63) is 64.6 Å². The molecule has 0 fully saturated rings. The lowest BCUT2D eigenvalue weighted by atomic mass is 10.1. The Hall–Kier alpha value is -3.63. The van der Waals surface area contributed by atoms with Crippen LogP contribution in [0.5, 0.6) is 11.5 Å². The van der Waals surface area contributed by atoms with Gasteiger partial charge in [0.2, 0.25) is 6.79 Å². The second-order valence-electron chi connectivity index (χ2n) is 6.05. The number of allylic oxidation sites excluding steroid dienone is 1. The molecule has 0 radical (unpaired) electrons. The maximum Gasteiger partial charge on any atom is 0.231 e. The van der Waals surface area contributed by atoms with Gasteiger partial charge in [0, 0.05) is 28.4 Å². The lowest BCUT2D eigenvalue weighted by Gasteiger charge is -2.02. The van der Waals surface area contributed by atoms with Gasteiger partial charge in [-0.15, -0.1) is 11.3 Å². The van der Waals surface area contributed by atoms with E-state index in [0.717, 1.165) is 22.7 Å². The number of anilines is 1. The van der Waals surface area contributed by atoms with Crippen LogP contribution < -0.4 is 14.8 Å². The molecule has 1 aliphatic rings. The number of carbonyl (C=O) groups excluding carboxylic acids is 1. The Kier molecular flexibility index (Phi) is 4.79. The molecule has 0 unspecified atom stereocenters. The zero-order chi connectivity index (χ0) is 19.5. The maximum absolute atomic E-state index is 11.3. The smallest absolute Gasteiger partial charge is 0.231 e. The maximum atomic E-state index is 11.3. The molecule has 2 aromatic carbocycles. The van der Waals surface area contributed by atoms with Crippen molar-refractivity contribution in [1.29, 1.82) is 5.26 Å². The number of nitrogens with one attached hydrogen (secondary N) is 1. The third kappa shape index (κ3) is 3.59. The monoisotopic (exact) mass is 389 g/mol. The first kappa shape index (κ1) is 17.8. The van der Waals surface area contributed by atoms with Crippen molar-refractivity contribution in [3.8, 4) is 28.8 Å². The van der Waals surface area contributed by atoms with Crippen LogP contribution in [0.2, 0.25) is 0 Å². The highest BCUT2D eigenvalue weighted by molar-refractivity contribution is 7.11. The number of Topliss-reactive ketones (excluding diaryl/α,β-unsaturated/α-hetero) is 1. The van der Waals surface area contributed by atoms with Gasteiger partial charge in [-0.2, -0.15) is 5.26 Å². The second-order valence-corrected chi connectivity index (χ2v) is 6.91. The Bertz CT molecular complexity index is 1110. The van der Waals surface area contributed by atoms with E-state index in [0.29, 0.717) is 21.9 Å². The number of fused-ring (bicyclic) bond motifs is 1. The van der Waals surface area contributed by atoms with Gasteiger partial charge in [0.05, 0.1) is 5.69 Å². The van der Waals surface area contributed by atoms with Crippen molar-refractivity contribution in [2.45, 2.75) is 6.92 Å². The van der Waals surface area contributed by atoms with E-state index >= 15 is 0 Å². The molecule has 6 nitrogen and oxygen atoms in total. The van der Waals surface area contributed by atoms with Gasteiger partial charge in [-0.3, -0.25) is 4.79 Å². The first-order valence-corrected chi connectivity index (χ1v) is 9.36. The summed E-state index contributed by atoms with van der Waals surface area (Å²) in [5.41, 5.74) is 3.52. The standard InChI is InChI=1S/C21H15N3O3S/c1-13(25)14-2-5-17(6-3-14)23-10-16(9-22)21-24-18(11-28-21)15-4-7-19-20(8-15)27-12-26-19/h2-8,10-11,23H,12H2,1H3. The molecule has 0 spiro atoms. The summed E-state index contributed by atoms with van der Waals surface area (Å²) in [6, 6.07) is 14.9. The quantitative estimate of drug-likeness (QED) is 0.502. The second kappa shape index (κ2) is 7.55. The normalized spacial score (nSPS) is 12.5. The number of hydrogen-bond donors (Lipinski definition) is 1. The average Bonchev–Trinajstić information content (AvgIpc) is 3.38. The minimum absolute atomic E-state index is 0.0126. The molecular formula is C21H15N3O3S. The molecule has 0 atom stereocenters. The molecular weight excluding hydrogens is 374 g/mol. The molecule has 0 amide bonds. The van der Waals surface area contributed by atoms with Crippen molar-refractivity contribution >= 4 is 28.4 Å². The van der Waals surface area contributed by atoms with Gasteiger partial charge in [-0.25, -0.2) is 4.98 Å². The number of ether oxygens (including phenoxy) is 2. The lowest BCUT2D eigenvalue weighted by molar-refractivity contribution is 0.101. The molecule has 138 valence electrons. The highest BCUT2D eigenvalue weighted by Gasteiger charge is 2.16. The summed E-state index contributed by atoms with van der Waals surface area (Å²) < 4.78 is 10.7. The largest absolute Gasteiger partial charge is 0.454 e. The van der Waals surface area contributed by atoms with Crippen LogP contribution >= 0.6 is 11.3 Å². The van der Waals surface area contributed by atoms with Gasteiger partial charge >= 0.3 is 0 Å². The number of hydrogen-bond acceptors (Lipinski definition) is 7. The van der Waals surface area contributed by atoms with Gasteiger partial charge in [0.15, 0.2) is 17.3 Å². The number of ketones is 1. The van der Waals surface area contributed by atoms with Crippen LogP contribution in [0, 0.1) is 11.3 Å². The Morgan fingerprint density at radius 3 is 2.75 bits per heavy atom. The van der Waals surface area contributed by atoms with E-state index in [2.05, 4.69) is 16.4 Å². The van der Waals surface area contributed by atoms with Crippen molar-refractivity contribution in [2.75, 3.05) is 12.1 Å². The van der Waals surface area contributed by atoms with Crippen LogP contribution in [0.3, 0.4) is 0 Å². The minimum atomic E-state index is 0.0126. The molecule has 0 aliphatic carbocycles. The first-order chi connectivity index (χ1) is 13.6. The number of thiazole rings is 1. The van der Waals surface area contributed by atoms with Crippen molar-refractivity contribution < 1.29 is 14.3 Å². The summed E-state index contributed by atoms with van der Waals surface area (Å²) in [6.07, 6.45) is 1.62. The van der Waals surface area contributed by atoms with Gasteiger partial charge < -0.3 is 14.8 Å². The molecule has 1 aromatic heterocycles. The van der Waals surface area contributed by atoms with Crippen LogP contribution in [0.1, 0.15) is 22.3 Å². The molecule has 2 heterocycles. The molecule has 0 saturated heterocycles. The fraction of sp³-hybridized carbons (Fsp3) is 0.0952. The lowest BCUT2D eigenvalue weighted by Crippen LogP contribution is -1.94. The van der Waals surface area contributed by atoms with Crippen molar-refractivity contribution in [3.63, 3.8) is 0 Å². The number of nitrogens with zero attached hydrogens (tertiary/aromatic N) is 2. The van der Waals surface area contributed by atoms with Crippen molar-refractivity contribution in [2.24, 2.45) is 0 Å². The summed E-state index contributed by atoms with van der Waals surface area (Å²) in [4.78, 5) is 15.9. The first-order valence-electron chi connectivity index (χ1n) is 8.48. The van der Waals surface area contributed by atoms with Gasteiger partial charge in [-0.1, -0.05) is 0 Å². The number of carbonyl (C=O) groups is 1. The average molecular weight is 389 g/mol. The third-order valence-electron chi connectivity index (χ3n) is 4.20. The Morgan fingerprint density at radius 1 is 1.21 bits per heavy atom. The molecule has 1 aliphatic heterocycles. The van der Waals surface area contributed by atoms with E-state index in [9.17, 15) is 10.1 Å². The van der Waals surface area contributed by atoms with Crippen LogP contribution in [-0.2, 0) is 0 Å². The summed E-state index contributed by atoms with van der Waals surface area (Å²) in [5.74, 6) is 1.43. The predicted molar refractivity (Wildman–Crippen MR) is 107 cm³/mol. The summed E-state index contributed by atoms with van der Waals surface area (Å²) >= 11 is 1.39. The zero-order valence-electron chi connectivity index (χ0n) is 14.9. The Morgan fingerprint density at radius 2 is 2.00 bits per heavy atom. The van der Waals surface area contributed by atoms with Crippen LogP contribution in [0.15, 0.2) is 54.0 Å². The minimum Gasteiger partial charge on any atom is -0.454 e. The summed E-state index contributed by atoms with van der Waals surface area (Å²) in [5, 5.41) is 15.1. The third-order valence-corrected chi connectivity index (χ3v) is 5.07. The summed E-state index contributed by atoms with van der Waals surface area (Å²) in [6.45, 7) is 1.75. The molecule has 0 saturated carbocycles. The molecule has 3 aromatic rings. The highest BCUT2D eigenvalue weighted by Crippen LogP contribution is 2.36.